The second-order valence-corrected chi connectivity index (χ2v) is 5.90. The summed E-state index contributed by atoms with van der Waals surface area (Å²) < 4.78 is 0.965. The van der Waals surface area contributed by atoms with Gasteiger partial charge in [-0.3, -0.25) is 4.79 Å². The molecule has 0 atom stereocenters. The van der Waals surface area contributed by atoms with Crippen LogP contribution < -0.4 is 5.32 Å². The Morgan fingerprint density at radius 2 is 1.94 bits per heavy atom. The highest BCUT2D eigenvalue weighted by Crippen LogP contribution is 2.22. The van der Waals surface area contributed by atoms with Crippen molar-refractivity contribution in [2.45, 2.75) is 39.2 Å². The van der Waals surface area contributed by atoms with Gasteiger partial charge < -0.3 is 5.32 Å². The summed E-state index contributed by atoms with van der Waals surface area (Å²) >= 11 is 6.96. The fraction of sp³-hybridized carbons (Fsp3) is 0.500. The molecular weight excluding hydrogens is 358 g/mol. The first-order valence-corrected chi connectivity index (χ1v) is 8.04. The van der Waals surface area contributed by atoms with Crippen molar-refractivity contribution in [3.05, 3.63) is 33.8 Å². The van der Waals surface area contributed by atoms with Crippen molar-refractivity contribution in [3.8, 4) is 0 Å². The van der Waals surface area contributed by atoms with E-state index in [1.807, 2.05) is 25.1 Å². The molecule has 0 heterocycles. The zero-order chi connectivity index (χ0) is 13.8. The van der Waals surface area contributed by atoms with Crippen LogP contribution in [-0.4, -0.2) is 16.8 Å². The standard InChI is InChI=1S/C14H19Br2NO/c1-4-14(5-2,9-15)17-13(18)11-7-6-8-12(16)10(11)3/h6-8H,4-5,9H2,1-3H3,(H,17,18). The van der Waals surface area contributed by atoms with Crippen LogP contribution in [0.4, 0.5) is 0 Å². The molecule has 0 bridgehead atoms. The van der Waals surface area contributed by atoms with Gasteiger partial charge >= 0.3 is 0 Å². The Kier molecular flexibility index (Phi) is 5.86. The van der Waals surface area contributed by atoms with Crippen molar-refractivity contribution in [1.82, 2.24) is 5.32 Å². The molecule has 100 valence electrons. The van der Waals surface area contributed by atoms with Crippen LogP contribution in [-0.2, 0) is 0 Å². The second kappa shape index (κ2) is 6.71. The normalized spacial score (nSPS) is 11.4. The highest BCUT2D eigenvalue weighted by atomic mass is 79.9. The molecule has 0 spiro atoms. The average Bonchev–Trinajstić information content (AvgIpc) is 2.39. The van der Waals surface area contributed by atoms with E-state index in [4.69, 9.17) is 0 Å². The van der Waals surface area contributed by atoms with Crippen molar-refractivity contribution in [2.75, 3.05) is 5.33 Å². The number of hydrogen-bond acceptors (Lipinski definition) is 1. The molecule has 1 rings (SSSR count). The summed E-state index contributed by atoms with van der Waals surface area (Å²) in [6, 6.07) is 5.70. The first kappa shape index (κ1) is 15.7. The molecule has 0 aliphatic heterocycles. The maximum atomic E-state index is 12.4. The Balaban J connectivity index is 2.98. The lowest BCUT2D eigenvalue weighted by molar-refractivity contribution is 0.0903. The Labute approximate surface area is 126 Å². The van der Waals surface area contributed by atoms with Gasteiger partial charge in [-0.05, 0) is 37.5 Å². The summed E-state index contributed by atoms with van der Waals surface area (Å²) in [5.41, 5.74) is 1.55. The predicted molar refractivity (Wildman–Crippen MR) is 83.5 cm³/mol. The molecule has 1 N–H and O–H groups in total. The van der Waals surface area contributed by atoms with Gasteiger partial charge in [-0.15, -0.1) is 0 Å². The Hall–Kier alpha value is -0.350. The van der Waals surface area contributed by atoms with Crippen LogP contribution in [0.2, 0.25) is 0 Å². The van der Waals surface area contributed by atoms with Crippen molar-refractivity contribution in [1.29, 1.82) is 0 Å². The lowest BCUT2D eigenvalue weighted by atomic mass is 9.94. The van der Waals surface area contributed by atoms with E-state index < -0.39 is 0 Å². The molecule has 2 nitrogen and oxygen atoms in total. The van der Waals surface area contributed by atoms with Crippen LogP contribution in [0.15, 0.2) is 22.7 Å². The zero-order valence-corrected chi connectivity index (χ0v) is 14.2. The lowest BCUT2D eigenvalue weighted by Gasteiger charge is -2.31. The van der Waals surface area contributed by atoms with Crippen LogP contribution in [0.1, 0.15) is 42.6 Å². The average molecular weight is 377 g/mol. The van der Waals surface area contributed by atoms with Crippen molar-refractivity contribution in [2.24, 2.45) is 0 Å². The number of carbonyl (C=O) groups excluding carboxylic acids is 1. The molecule has 0 radical (unpaired) electrons. The number of amides is 1. The Bertz CT molecular complexity index is 420. The van der Waals surface area contributed by atoms with Crippen LogP contribution in [0.25, 0.3) is 0 Å². The largest absolute Gasteiger partial charge is 0.346 e. The van der Waals surface area contributed by atoms with Gasteiger partial charge in [-0.25, -0.2) is 0 Å². The van der Waals surface area contributed by atoms with Crippen LogP contribution >= 0.6 is 31.9 Å². The topological polar surface area (TPSA) is 29.1 Å². The molecular formula is C14H19Br2NO. The van der Waals surface area contributed by atoms with E-state index in [-0.39, 0.29) is 11.4 Å². The number of halogens is 2. The molecule has 1 aromatic carbocycles. The molecule has 0 saturated carbocycles. The fourth-order valence-electron chi connectivity index (χ4n) is 1.81. The van der Waals surface area contributed by atoms with Gasteiger partial charge in [0.05, 0.1) is 0 Å². The number of rotatable bonds is 5. The molecule has 0 saturated heterocycles. The quantitative estimate of drug-likeness (QED) is 0.756. The van der Waals surface area contributed by atoms with E-state index in [0.717, 1.165) is 33.8 Å². The first-order chi connectivity index (χ1) is 8.49. The minimum Gasteiger partial charge on any atom is -0.346 e. The minimum absolute atomic E-state index is 0.00282. The van der Waals surface area contributed by atoms with Crippen molar-refractivity contribution >= 4 is 37.8 Å². The number of alkyl halides is 1. The summed E-state index contributed by atoms with van der Waals surface area (Å²) in [5.74, 6) is -0.00282. The monoisotopic (exact) mass is 375 g/mol. The second-order valence-electron chi connectivity index (χ2n) is 4.49. The third kappa shape index (κ3) is 3.35. The smallest absolute Gasteiger partial charge is 0.252 e. The van der Waals surface area contributed by atoms with E-state index in [9.17, 15) is 4.79 Å². The van der Waals surface area contributed by atoms with E-state index in [1.165, 1.54) is 0 Å². The van der Waals surface area contributed by atoms with E-state index >= 15 is 0 Å². The summed E-state index contributed by atoms with van der Waals surface area (Å²) in [4.78, 5) is 12.4. The van der Waals surface area contributed by atoms with Gasteiger partial charge in [0.1, 0.15) is 0 Å². The third-order valence-corrected chi connectivity index (χ3v) is 5.43. The molecule has 0 aliphatic carbocycles. The van der Waals surface area contributed by atoms with E-state index in [2.05, 4.69) is 51.0 Å². The maximum Gasteiger partial charge on any atom is 0.252 e. The van der Waals surface area contributed by atoms with Gasteiger partial charge in [-0.2, -0.15) is 0 Å². The van der Waals surface area contributed by atoms with Gasteiger partial charge in [0.25, 0.3) is 5.91 Å². The van der Waals surface area contributed by atoms with Gasteiger partial charge in [0.2, 0.25) is 0 Å². The van der Waals surface area contributed by atoms with E-state index in [0.29, 0.717) is 0 Å². The SMILES string of the molecule is CCC(CC)(CBr)NC(=O)c1cccc(Br)c1C. The van der Waals surface area contributed by atoms with Crippen molar-refractivity contribution < 1.29 is 4.79 Å². The maximum absolute atomic E-state index is 12.4. The molecule has 0 aromatic heterocycles. The van der Waals surface area contributed by atoms with Gasteiger partial charge in [0, 0.05) is 20.9 Å². The summed E-state index contributed by atoms with van der Waals surface area (Å²) in [6.07, 6.45) is 1.82. The molecule has 1 aromatic rings. The molecule has 4 heteroatoms. The van der Waals surface area contributed by atoms with E-state index in [1.54, 1.807) is 0 Å². The number of hydrogen-bond donors (Lipinski definition) is 1. The summed E-state index contributed by atoms with van der Waals surface area (Å²) in [7, 11) is 0. The lowest BCUT2D eigenvalue weighted by Crippen LogP contribution is -2.49. The number of nitrogens with one attached hydrogen (secondary N) is 1. The summed E-state index contributed by atoms with van der Waals surface area (Å²) in [5, 5.41) is 3.93. The highest BCUT2D eigenvalue weighted by molar-refractivity contribution is 9.10. The van der Waals surface area contributed by atoms with Crippen LogP contribution in [0.3, 0.4) is 0 Å². The molecule has 0 aliphatic rings. The van der Waals surface area contributed by atoms with Crippen LogP contribution in [0, 0.1) is 6.92 Å². The third-order valence-electron chi connectivity index (χ3n) is 3.50. The Morgan fingerprint density at radius 1 is 1.33 bits per heavy atom. The van der Waals surface area contributed by atoms with Crippen LogP contribution in [0.5, 0.6) is 0 Å². The zero-order valence-electron chi connectivity index (χ0n) is 11.0. The number of carbonyl (C=O) groups is 1. The highest BCUT2D eigenvalue weighted by Gasteiger charge is 2.27. The minimum atomic E-state index is -0.161. The first-order valence-electron chi connectivity index (χ1n) is 6.13. The molecule has 0 unspecified atom stereocenters. The van der Waals surface area contributed by atoms with Gasteiger partial charge in [-0.1, -0.05) is 51.8 Å². The number of benzene rings is 1. The predicted octanol–water partition coefficient (Wildman–Crippen LogP) is 4.44. The molecule has 18 heavy (non-hydrogen) atoms. The molecule has 1 amide bonds. The fourth-order valence-corrected chi connectivity index (χ4v) is 3.11. The Morgan fingerprint density at radius 3 is 2.44 bits per heavy atom. The molecule has 0 fully saturated rings. The van der Waals surface area contributed by atoms with Gasteiger partial charge in [0.15, 0.2) is 0 Å². The van der Waals surface area contributed by atoms with Crippen molar-refractivity contribution in [3.63, 3.8) is 0 Å². The summed E-state index contributed by atoms with van der Waals surface area (Å²) in [6.45, 7) is 6.14.